The predicted molar refractivity (Wildman–Crippen MR) is 183 cm³/mol. The summed E-state index contributed by atoms with van der Waals surface area (Å²) in [6.07, 6.45) is 4.16. The van der Waals surface area contributed by atoms with E-state index in [4.69, 9.17) is 11.6 Å². The molecule has 0 heterocycles. The van der Waals surface area contributed by atoms with Gasteiger partial charge in [-0.05, 0) is 68.1 Å². The van der Waals surface area contributed by atoms with Gasteiger partial charge < -0.3 is 10.2 Å². The van der Waals surface area contributed by atoms with Crippen LogP contribution in [-0.4, -0.2) is 43.8 Å². The fourth-order valence-corrected chi connectivity index (χ4v) is 7.52. The Bertz CT molecular complexity index is 1760. The average molecular weight is 658 g/mol. The van der Waals surface area contributed by atoms with Crippen LogP contribution in [0.4, 0.5) is 5.69 Å². The van der Waals surface area contributed by atoms with Gasteiger partial charge in [-0.1, -0.05) is 108 Å². The second-order valence-corrected chi connectivity index (χ2v) is 14.3. The number of aryl methyl sites for hydroxylation is 2. The van der Waals surface area contributed by atoms with Crippen molar-refractivity contribution in [2.24, 2.45) is 0 Å². The standard InChI is InChI=1S/C37H40ClN3O4S/c1-27-18-20-34(21-19-27)46(44,45)41(33-17-9-14-31(38)24-33)26-36(42)40(25-30-13-8-10-28(2)22-30)35(23-29-11-4-3-5-12-29)37(43)39-32-15-6-7-16-32/h3-5,8-14,17-22,24,32,35H,6-7,15-16,23,25-26H2,1-2H3,(H,39,43). The zero-order valence-corrected chi connectivity index (χ0v) is 27.8. The zero-order chi connectivity index (χ0) is 32.7. The molecule has 9 heteroatoms. The number of nitrogens with zero attached hydrogens (tertiary/aromatic N) is 2. The molecular formula is C37H40ClN3O4S. The number of hydrogen-bond acceptors (Lipinski definition) is 4. The third-order valence-electron chi connectivity index (χ3n) is 8.39. The third kappa shape index (κ3) is 8.36. The molecule has 240 valence electrons. The fraction of sp³-hybridized carbons (Fsp3) is 0.297. The lowest BCUT2D eigenvalue weighted by molar-refractivity contribution is -0.140. The molecule has 0 aromatic heterocycles. The van der Waals surface area contributed by atoms with E-state index in [2.05, 4.69) is 5.32 Å². The Morgan fingerprint density at radius 3 is 2.17 bits per heavy atom. The van der Waals surface area contributed by atoms with E-state index in [0.717, 1.165) is 52.2 Å². The molecule has 5 rings (SSSR count). The SMILES string of the molecule is Cc1ccc(S(=O)(=O)N(CC(=O)N(Cc2cccc(C)c2)C(Cc2ccccc2)C(=O)NC2CCCC2)c2cccc(Cl)c2)cc1. The van der Waals surface area contributed by atoms with E-state index in [1.54, 1.807) is 30.3 Å². The van der Waals surface area contributed by atoms with Crippen molar-refractivity contribution in [2.45, 2.75) is 69.5 Å². The molecule has 4 aromatic rings. The maximum atomic E-state index is 14.6. The van der Waals surface area contributed by atoms with Gasteiger partial charge in [0.1, 0.15) is 12.6 Å². The highest BCUT2D eigenvalue weighted by molar-refractivity contribution is 7.92. The first-order valence-electron chi connectivity index (χ1n) is 15.6. The molecule has 1 N–H and O–H groups in total. The van der Waals surface area contributed by atoms with E-state index in [-0.39, 0.29) is 35.5 Å². The molecule has 4 aromatic carbocycles. The normalized spacial score (nSPS) is 14.1. The number of halogens is 1. The summed E-state index contributed by atoms with van der Waals surface area (Å²) in [6.45, 7) is 3.45. The lowest BCUT2D eigenvalue weighted by atomic mass is 10.0. The van der Waals surface area contributed by atoms with Crippen molar-refractivity contribution < 1.29 is 18.0 Å². The number of sulfonamides is 1. The summed E-state index contributed by atoms with van der Waals surface area (Å²) in [6, 6.07) is 29.5. The van der Waals surface area contributed by atoms with Crippen LogP contribution in [0, 0.1) is 13.8 Å². The van der Waals surface area contributed by atoms with Gasteiger partial charge in [-0.2, -0.15) is 0 Å². The number of anilines is 1. The van der Waals surface area contributed by atoms with Gasteiger partial charge in [0.05, 0.1) is 10.6 Å². The molecule has 7 nitrogen and oxygen atoms in total. The first-order chi connectivity index (χ1) is 22.1. The van der Waals surface area contributed by atoms with Crippen molar-refractivity contribution in [1.29, 1.82) is 0 Å². The monoisotopic (exact) mass is 657 g/mol. The summed E-state index contributed by atoms with van der Waals surface area (Å²) in [4.78, 5) is 30.3. The maximum Gasteiger partial charge on any atom is 0.264 e. The van der Waals surface area contributed by atoms with E-state index >= 15 is 0 Å². The van der Waals surface area contributed by atoms with Crippen molar-refractivity contribution in [2.75, 3.05) is 10.8 Å². The minimum atomic E-state index is -4.19. The maximum absolute atomic E-state index is 14.6. The molecule has 0 radical (unpaired) electrons. The molecule has 1 aliphatic carbocycles. The molecule has 46 heavy (non-hydrogen) atoms. The van der Waals surface area contributed by atoms with Crippen molar-refractivity contribution in [3.63, 3.8) is 0 Å². The zero-order valence-electron chi connectivity index (χ0n) is 26.2. The predicted octanol–water partition coefficient (Wildman–Crippen LogP) is 6.85. The van der Waals surface area contributed by atoms with E-state index in [1.807, 2.05) is 68.4 Å². The number of nitrogens with one attached hydrogen (secondary N) is 1. The Morgan fingerprint density at radius 1 is 0.826 bits per heavy atom. The van der Waals surface area contributed by atoms with Gasteiger partial charge >= 0.3 is 0 Å². The van der Waals surface area contributed by atoms with Crippen LogP contribution < -0.4 is 9.62 Å². The highest BCUT2D eigenvalue weighted by atomic mass is 35.5. The van der Waals surface area contributed by atoms with Crippen molar-refractivity contribution >= 4 is 39.1 Å². The molecule has 2 amide bonds. The van der Waals surface area contributed by atoms with Gasteiger partial charge in [0.2, 0.25) is 11.8 Å². The quantitative estimate of drug-likeness (QED) is 0.181. The Morgan fingerprint density at radius 2 is 1.50 bits per heavy atom. The molecule has 1 saturated carbocycles. The van der Waals surface area contributed by atoms with E-state index in [9.17, 15) is 18.0 Å². The largest absolute Gasteiger partial charge is 0.352 e. The minimum absolute atomic E-state index is 0.0477. The summed E-state index contributed by atoms with van der Waals surface area (Å²) in [5.41, 5.74) is 3.92. The number of rotatable bonds is 12. The number of hydrogen-bond donors (Lipinski definition) is 1. The van der Waals surface area contributed by atoms with Crippen molar-refractivity contribution in [1.82, 2.24) is 10.2 Å². The number of carbonyl (C=O) groups is 2. The smallest absolute Gasteiger partial charge is 0.264 e. The highest BCUT2D eigenvalue weighted by Gasteiger charge is 2.35. The molecule has 1 aliphatic rings. The summed E-state index contributed by atoms with van der Waals surface area (Å²) in [5, 5.41) is 3.54. The first kappa shape index (κ1) is 33.2. The van der Waals surface area contributed by atoms with Gasteiger partial charge in [-0.25, -0.2) is 8.42 Å². The van der Waals surface area contributed by atoms with Gasteiger partial charge in [-0.3, -0.25) is 13.9 Å². The van der Waals surface area contributed by atoms with Crippen LogP contribution in [0.1, 0.15) is 47.9 Å². The van der Waals surface area contributed by atoms with Crippen molar-refractivity contribution in [3.8, 4) is 0 Å². The number of carbonyl (C=O) groups excluding carboxylic acids is 2. The van der Waals surface area contributed by atoms with Gasteiger partial charge in [-0.15, -0.1) is 0 Å². The fourth-order valence-electron chi connectivity index (χ4n) is 5.93. The summed E-state index contributed by atoms with van der Waals surface area (Å²) in [5.74, 6) is -0.743. The van der Waals surface area contributed by atoms with E-state index < -0.39 is 28.5 Å². The summed E-state index contributed by atoms with van der Waals surface area (Å²) >= 11 is 6.32. The Balaban J connectivity index is 1.57. The van der Waals surface area contributed by atoms with Crippen LogP contribution in [0.5, 0.6) is 0 Å². The Kier molecular flexibility index (Phi) is 10.8. The minimum Gasteiger partial charge on any atom is -0.352 e. The number of amides is 2. The Labute approximate surface area is 277 Å². The third-order valence-corrected chi connectivity index (χ3v) is 10.4. The lowest BCUT2D eigenvalue weighted by Gasteiger charge is -2.34. The van der Waals surface area contributed by atoms with Crippen LogP contribution in [-0.2, 0) is 32.6 Å². The lowest BCUT2D eigenvalue weighted by Crippen LogP contribution is -2.54. The molecule has 0 saturated heterocycles. The molecule has 0 bridgehead atoms. The van der Waals surface area contributed by atoms with E-state index in [1.165, 1.54) is 23.1 Å². The first-order valence-corrected chi connectivity index (χ1v) is 17.5. The van der Waals surface area contributed by atoms with Crippen LogP contribution in [0.25, 0.3) is 0 Å². The Hall–Kier alpha value is -4.14. The van der Waals surface area contributed by atoms with Crippen LogP contribution in [0.15, 0.2) is 108 Å². The second kappa shape index (κ2) is 15.0. The molecule has 1 unspecified atom stereocenters. The highest BCUT2D eigenvalue weighted by Crippen LogP contribution is 2.28. The topological polar surface area (TPSA) is 86.8 Å². The average Bonchev–Trinajstić information content (AvgIpc) is 3.55. The number of benzene rings is 4. The molecule has 1 fully saturated rings. The molecule has 1 atom stereocenters. The molecule has 0 aliphatic heterocycles. The van der Waals surface area contributed by atoms with Crippen LogP contribution in [0.2, 0.25) is 5.02 Å². The summed E-state index contributed by atoms with van der Waals surface area (Å²) in [7, 11) is -4.19. The van der Waals surface area contributed by atoms with Crippen LogP contribution >= 0.6 is 11.6 Å². The van der Waals surface area contributed by atoms with Crippen molar-refractivity contribution in [3.05, 3.63) is 130 Å². The van der Waals surface area contributed by atoms with Gasteiger partial charge in [0.15, 0.2) is 0 Å². The van der Waals surface area contributed by atoms with E-state index in [0.29, 0.717) is 5.02 Å². The molecule has 0 spiro atoms. The second-order valence-electron chi connectivity index (χ2n) is 12.0. The molecular weight excluding hydrogens is 618 g/mol. The van der Waals surface area contributed by atoms with Gasteiger partial charge in [0.25, 0.3) is 10.0 Å². The summed E-state index contributed by atoms with van der Waals surface area (Å²) < 4.78 is 29.4. The van der Waals surface area contributed by atoms with Gasteiger partial charge in [0, 0.05) is 24.0 Å². The van der Waals surface area contributed by atoms with Crippen LogP contribution in [0.3, 0.4) is 0 Å².